The highest BCUT2D eigenvalue weighted by Gasteiger charge is 2.17. The molecule has 0 aromatic carbocycles. The summed E-state index contributed by atoms with van der Waals surface area (Å²) in [5.41, 5.74) is 0. The quantitative estimate of drug-likeness (QED) is 0.637. The molecule has 0 saturated carbocycles. The lowest BCUT2D eigenvalue weighted by Gasteiger charge is -2.10. The maximum atomic E-state index is 11.6. The molecule has 0 amide bonds. The molecule has 0 fully saturated rings. The second-order valence-corrected chi connectivity index (χ2v) is 2.79. The summed E-state index contributed by atoms with van der Waals surface area (Å²) in [6, 6.07) is -0.279. The number of rotatable bonds is 1. The Labute approximate surface area is 75.6 Å². The molecular formula is C9H9N3O. The number of allylic oxidation sites excluding steroid dienone is 1. The van der Waals surface area contributed by atoms with Gasteiger partial charge in [-0.1, -0.05) is 6.08 Å². The van der Waals surface area contributed by atoms with Crippen LogP contribution in [0.2, 0.25) is 0 Å². The number of nitrogens with zero attached hydrogens (tertiary/aromatic N) is 3. The monoisotopic (exact) mass is 175 g/mol. The minimum Gasteiger partial charge on any atom is -0.280 e. The van der Waals surface area contributed by atoms with Crippen LogP contribution >= 0.6 is 0 Å². The molecule has 66 valence electrons. The lowest BCUT2D eigenvalue weighted by atomic mass is 10.1. The largest absolute Gasteiger partial charge is 0.280 e. The summed E-state index contributed by atoms with van der Waals surface area (Å²) in [6.45, 7) is 0. The third-order valence-electron chi connectivity index (χ3n) is 1.89. The Morgan fingerprint density at radius 2 is 2.46 bits per heavy atom. The fourth-order valence-electron chi connectivity index (χ4n) is 1.21. The average Bonchev–Trinajstić information content (AvgIpc) is 2.71. The maximum Gasteiger partial charge on any atom is 0.256 e. The molecule has 1 aromatic heterocycles. The van der Waals surface area contributed by atoms with Crippen molar-refractivity contribution in [3.63, 3.8) is 0 Å². The van der Waals surface area contributed by atoms with Gasteiger partial charge in [-0.3, -0.25) is 14.4 Å². The topological polar surface area (TPSA) is 47.2 Å². The lowest BCUT2D eigenvalue weighted by Crippen LogP contribution is -2.24. The van der Waals surface area contributed by atoms with Crippen molar-refractivity contribution in [3.05, 3.63) is 30.9 Å². The lowest BCUT2D eigenvalue weighted by molar-refractivity contribution is 0.0881. The van der Waals surface area contributed by atoms with Gasteiger partial charge in [0, 0.05) is 18.6 Å². The zero-order valence-corrected chi connectivity index (χ0v) is 7.00. The molecule has 1 aliphatic heterocycles. The molecule has 2 heterocycles. The molecular weight excluding hydrogens is 166 g/mol. The SMILES string of the molecule is O=C(C1CC=CC=N1)n1ccnc1. The molecule has 0 spiro atoms. The van der Waals surface area contributed by atoms with Gasteiger partial charge in [0.2, 0.25) is 0 Å². The number of hydrogen-bond donors (Lipinski definition) is 0. The Morgan fingerprint density at radius 3 is 3.08 bits per heavy atom. The van der Waals surface area contributed by atoms with Gasteiger partial charge in [0.15, 0.2) is 0 Å². The van der Waals surface area contributed by atoms with Gasteiger partial charge in [0.05, 0.1) is 0 Å². The molecule has 0 aliphatic carbocycles. The first kappa shape index (κ1) is 7.91. The van der Waals surface area contributed by atoms with E-state index in [0.29, 0.717) is 6.42 Å². The minimum absolute atomic E-state index is 0.0295. The highest BCUT2D eigenvalue weighted by atomic mass is 16.2. The van der Waals surface area contributed by atoms with Crippen LogP contribution < -0.4 is 0 Å². The third-order valence-corrected chi connectivity index (χ3v) is 1.89. The molecule has 0 saturated heterocycles. The van der Waals surface area contributed by atoms with E-state index in [1.807, 2.05) is 12.2 Å². The van der Waals surface area contributed by atoms with Crippen LogP contribution in [-0.2, 0) is 0 Å². The molecule has 0 bridgehead atoms. The number of aromatic nitrogens is 2. The first-order valence-corrected chi connectivity index (χ1v) is 4.08. The summed E-state index contributed by atoms with van der Waals surface area (Å²) in [5.74, 6) is -0.0295. The maximum absolute atomic E-state index is 11.6. The summed E-state index contributed by atoms with van der Waals surface area (Å²) >= 11 is 0. The van der Waals surface area contributed by atoms with Crippen LogP contribution in [0.3, 0.4) is 0 Å². The van der Waals surface area contributed by atoms with Crippen LogP contribution in [0.5, 0.6) is 0 Å². The van der Waals surface area contributed by atoms with Crippen molar-refractivity contribution in [2.24, 2.45) is 4.99 Å². The summed E-state index contributed by atoms with van der Waals surface area (Å²) < 4.78 is 1.46. The molecule has 1 aliphatic rings. The molecule has 0 radical (unpaired) electrons. The number of dihydropyridines is 1. The molecule has 1 aromatic rings. The molecule has 1 unspecified atom stereocenters. The van der Waals surface area contributed by atoms with Crippen molar-refractivity contribution in [2.75, 3.05) is 0 Å². The van der Waals surface area contributed by atoms with E-state index in [1.165, 1.54) is 10.9 Å². The highest BCUT2D eigenvalue weighted by molar-refractivity contribution is 5.87. The first-order chi connectivity index (χ1) is 6.38. The Kier molecular flexibility index (Phi) is 2.04. The molecule has 1 atom stereocenters. The van der Waals surface area contributed by atoms with E-state index in [1.54, 1.807) is 18.6 Å². The van der Waals surface area contributed by atoms with E-state index in [4.69, 9.17) is 0 Å². The average molecular weight is 175 g/mol. The summed E-state index contributed by atoms with van der Waals surface area (Å²) in [5, 5.41) is 0. The molecule has 0 N–H and O–H groups in total. The zero-order chi connectivity index (χ0) is 9.10. The zero-order valence-electron chi connectivity index (χ0n) is 7.00. The van der Waals surface area contributed by atoms with Crippen LogP contribution in [0.15, 0.2) is 35.9 Å². The number of aliphatic imine (C=N–C) groups is 1. The predicted octanol–water partition coefficient (Wildman–Crippen LogP) is 0.923. The van der Waals surface area contributed by atoms with Crippen molar-refractivity contribution in [1.82, 2.24) is 9.55 Å². The van der Waals surface area contributed by atoms with Crippen molar-refractivity contribution < 1.29 is 4.79 Å². The number of imidazole rings is 1. The normalized spacial score (nSPS) is 20.5. The molecule has 4 heteroatoms. The summed E-state index contributed by atoms with van der Waals surface area (Å²) in [6.07, 6.45) is 10.8. The van der Waals surface area contributed by atoms with Crippen LogP contribution in [0.25, 0.3) is 0 Å². The summed E-state index contributed by atoms with van der Waals surface area (Å²) in [7, 11) is 0. The number of hydrogen-bond acceptors (Lipinski definition) is 3. The van der Waals surface area contributed by atoms with Gasteiger partial charge in [-0.25, -0.2) is 4.98 Å². The third kappa shape index (κ3) is 1.56. The number of carbonyl (C=O) groups is 1. The van der Waals surface area contributed by atoms with Crippen molar-refractivity contribution >= 4 is 12.1 Å². The van der Waals surface area contributed by atoms with Crippen LogP contribution in [0, 0.1) is 0 Å². The molecule has 2 rings (SSSR count). The van der Waals surface area contributed by atoms with Gasteiger partial charge in [-0.2, -0.15) is 0 Å². The van der Waals surface area contributed by atoms with Crippen LogP contribution in [-0.4, -0.2) is 27.7 Å². The Bertz CT molecular complexity index is 351. The van der Waals surface area contributed by atoms with Gasteiger partial charge in [0.1, 0.15) is 12.4 Å². The van der Waals surface area contributed by atoms with Crippen LogP contribution in [0.1, 0.15) is 11.2 Å². The fraction of sp³-hybridized carbons (Fsp3) is 0.222. The Hall–Kier alpha value is -1.71. The van der Waals surface area contributed by atoms with E-state index in [0.717, 1.165) is 0 Å². The van der Waals surface area contributed by atoms with Gasteiger partial charge in [-0.15, -0.1) is 0 Å². The van der Waals surface area contributed by atoms with E-state index in [9.17, 15) is 4.79 Å². The number of carbonyl (C=O) groups excluding carboxylic acids is 1. The van der Waals surface area contributed by atoms with Crippen molar-refractivity contribution in [2.45, 2.75) is 12.5 Å². The van der Waals surface area contributed by atoms with Gasteiger partial charge in [-0.05, 0) is 12.5 Å². The van der Waals surface area contributed by atoms with Crippen LogP contribution in [0.4, 0.5) is 0 Å². The summed E-state index contributed by atoms with van der Waals surface area (Å²) in [4.78, 5) is 19.5. The van der Waals surface area contributed by atoms with Gasteiger partial charge < -0.3 is 0 Å². The predicted molar refractivity (Wildman–Crippen MR) is 48.9 cm³/mol. The fourth-order valence-corrected chi connectivity index (χ4v) is 1.21. The van der Waals surface area contributed by atoms with E-state index in [2.05, 4.69) is 9.98 Å². The Morgan fingerprint density at radius 1 is 1.54 bits per heavy atom. The van der Waals surface area contributed by atoms with Crippen molar-refractivity contribution in [1.29, 1.82) is 0 Å². The highest BCUT2D eigenvalue weighted by Crippen LogP contribution is 2.06. The van der Waals surface area contributed by atoms with Crippen molar-refractivity contribution in [3.8, 4) is 0 Å². The van der Waals surface area contributed by atoms with E-state index in [-0.39, 0.29) is 11.9 Å². The first-order valence-electron chi connectivity index (χ1n) is 4.08. The van der Waals surface area contributed by atoms with E-state index >= 15 is 0 Å². The standard InChI is InChI=1S/C9H9N3O/c13-9(12-6-5-10-7-12)8-3-1-2-4-11-8/h1-2,4-8H,3H2. The minimum atomic E-state index is -0.279. The second kappa shape index (κ2) is 3.35. The Balaban J connectivity index is 2.14. The smallest absolute Gasteiger partial charge is 0.256 e. The van der Waals surface area contributed by atoms with Gasteiger partial charge >= 0.3 is 0 Å². The van der Waals surface area contributed by atoms with Gasteiger partial charge in [0.25, 0.3) is 5.91 Å². The molecule has 4 nitrogen and oxygen atoms in total. The second-order valence-electron chi connectivity index (χ2n) is 2.79. The van der Waals surface area contributed by atoms with E-state index < -0.39 is 0 Å². The molecule has 13 heavy (non-hydrogen) atoms.